The van der Waals surface area contributed by atoms with Crippen LogP contribution in [0.15, 0.2) is 12.1 Å². The van der Waals surface area contributed by atoms with E-state index in [0.717, 1.165) is 6.07 Å². The Morgan fingerprint density at radius 1 is 1.38 bits per heavy atom. The Kier molecular flexibility index (Phi) is 2.52. The third-order valence-corrected chi connectivity index (χ3v) is 4.08. The van der Waals surface area contributed by atoms with Crippen molar-refractivity contribution in [3.63, 3.8) is 0 Å². The highest BCUT2D eigenvalue weighted by Crippen LogP contribution is 2.64. The molecule has 1 N–H and O–H groups in total. The van der Waals surface area contributed by atoms with E-state index in [2.05, 4.69) is 0 Å². The summed E-state index contributed by atoms with van der Waals surface area (Å²) < 4.78 is 26.9. The molecule has 1 nitrogen and oxygen atoms in total. The van der Waals surface area contributed by atoms with Gasteiger partial charge in [-0.05, 0) is 23.5 Å². The molecule has 1 saturated carbocycles. The van der Waals surface area contributed by atoms with Crippen LogP contribution < -0.4 is 0 Å². The lowest BCUT2D eigenvalue weighted by Gasteiger charge is -2.19. The second-order valence-electron chi connectivity index (χ2n) is 5.02. The first-order valence-electron chi connectivity index (χ1n) is 5.10. The van der Waals surface area contributed by atoms with Crippen LogP contribution in [0.25, 0.3) is 0 Å². The van der Waals surface area contributed by atoms with Crippen LogP contribution in [-0.4, -0.2) is 11.7 Å². The molecule has 0 bridgehead atoms. The van der Waals surface area contributed by atoms with Crippen LogP contribution in [0.1, 0.15) is 25.8 Å². The average Bonchev–Trinajstić information content (AvgIpc) is 2.79. The van der Waals surface area contributed by atoms with E-state index in [4.69, 9.17) is 11.6 Å². The van der Waals surface area contributed by atoms with E-state index in [1.165, 1.54) is 6.07 Å². The van der Waals surface area contributed by atoms with Gasteiger partial charge in [-0.1, -0.05) is 31.5 Å². The molecule has 0 aliphatic heterocycles. The average molecular weight is 247 g/mol. The number of hydrogen-bond donors (Lipinski definition) is 1. The zero-order valence-corrected chi connectivity index (χ0v) is 9.91. The Bertz CT molecular complexity index is 445. The molecule has 16 heavy (non-hydrogen) atoms. The van der Waals surface area contributed by atoms with Gasteiger partial charge in [0.2, 0.25) is 0 Å². The van der Waals surface area contributed by atoms with Crippen LogP contribution >= 0.6 is 11.6 Å². The fourth-order valence-electron chi connectivity index (χ4n) is 2.42. The molecule has 0 heterocycles. The minimum atomic E-state index is -0.769. The predicted molar refractivity (Wildman–Crippen MR) is 58.5 cm³/mol. The molecule has 1 aromatic rings. The largest absolute Gasteiger partial charge is 0.395 e. The van der Waals surface area contributed by atoms with E-state index in [9.17, 15) is 13.9 Å². The predicted octanol–water partition coefficient (Wildman–Crippen LogP) is 3.28. The van der Waals surface area contributed by atoms with Crippen molar-refractivity contribution in [2.45, 2.75) is 25.7 Å². The highest BCUT2D eigenvalue weighted by atomic mass is 35.5. The van der Waals surface area contributed by atoms with E-state index in [1.807, 2.05) is 13.8 Å². The van der Waals surface area contributed by atoms with Crippen LogP contribution in [0.5, 0.6) is 0 Å². The van der Waals surface area contributed by atoms with Crippen molar-refractivity contribution < 1.29 is 13.9 Å². The molecule has 1 atom stereocenters. The van der Waals surface area contributed by atoms with Crippen molar-refractivity contribution in [2.24, 2.45) is 5.41 Å². The Morgan fingerprint density at radius 3 is 2.38 bits per heavy atom. The van der Waals surface area contributed by atoms with Crippen molar-refractivity contribution in [1.29, 1.82) is 0 Å². The van der Waals surface area contributed by atoms with Gasteiger partial charge < -0.3 is 5.11 Å². The van der Waals surface area contributed by atoms with Gasteiger partial charge in [-0.25, -0.2) is 8.78 Å². The zero-order valence-electron chi connectivity index (χ0n) is 9.15. The SMILES string of the molecule is CC1(C)CC1(CO)c1ccc(F)c(Cl)c1F. The summed E-state index contributed by atoms with van der Waals surface area (Å²) in [4.78, 5) is 0. The van der Waals surface area contributed by atoms with Crippen molar-refractivity contribution >= 4 is 11.6 Å². The van der Waals surface area contributed by atoms with Crippen LogP contribution in [0.2, 0.25) is 5.02 Å². The lowest BCUT2D eigenvalue weighted by Crippen LogP contribution is -2.21. The van der Waals surface area contributed by atoms with Gasteiger partial charge in [0, 0.05) is 5.41 Å². The fourth-order valence-corrected chi connectivity index (χ4v) is 2.59. The molecule has 0 radical (unpaired) electrons. The second kappa shape index (κ2) is 3.41. The van der Waals surface area contributed by atoms with Crippen LogP contribution in [-0.2, 0) is 5.41 Å². The van der Waals surface area contributed by atoms with Crippen LogP contribution in [0.3, 0.4) is 0 Å². The van der Waals surface area contributed by atoms with Crippen molar-refractivity contribution in [3.8, 4) is 0 Å². The highest BCUT2D eigenvalue weighted by Gasteiger charge is 2.62. The number of aliphatic hydroxyl groups excluding tert-OH is 1. The summed E-state index contributed by atoms with van der Waals surface area (Å²) in [6.07, 6.45) is 0.676. The quantitative estimate of drug-likeness (QED) is 0.794. The van der Waals surface area contributed by atoms with E-state index in [0.29, 0.717) is 12.0 Å². The summed E-state index contributed by atoms with van der Waals surface area (Å²) in [5.74, 6) is -1.52. The summed E-state index contributed by atoms with van der Waals surface area (Å²) in [5.41, 5.74) is -0.482. The Balaban J connectivity index is 2.54. The summed E-state index contributed by atoms with van der Waals surface area (Å²) >= 11 is 5.54. The molecule has 1 aliphatic rings. The fraction of sp³-hybridized carbons (Fsp3) is 0.500. The molecular formula is C12H13ClF2O. The van der Waals surface area contributed by atoms with Crippen LogP contribution in [0.4, 0.5) is 8.78 Å². The summed E-state index contributed by atoms with van der Waals surface area (Å²) in [5, 5.41) is 8.93. The number of halogens is 3. The van der Waals surface area contributed by atoms with Gasteiger partial charge in [0.1, 0.15) is 16.7 Å². The molecule has 2 rings (SSSR count). The van der Waals surface area contributed by atoms with Gasteiger partial charge in [0.25, 0.3) is 0 Å². The lowest BCUT2D eigenvalue weighted by molar-refractivity contribution is 0.228. The Labute approximate surface area is 98.0 Å². The zero-order chi connectivity index (χ0) is 12.1. The van der Waals surface area contributed by atoms with Crippen LogP contribution in [0, 0.1) is 17.0 Å². The minimum absolute atomic E-state index is 0.154. The molecule has 1 aromatic carbocycles. The maximum Gasteiger partial charge on any atom is 0.148 e. The summed E-state index contributed by atoms with van der Waals surface area (Å²) in [7, 11) is 0. The van der Waals surface area contributed by atoms with Gasteiger partial charge >= 0.3 is 0 Å². The third-order valence-electron chi connectivity index (χ3n) is 3.73. The summed E-state index contributed by atoms with van der Waals surface area (Å²) in [6.45, 7) is 3.73. The first-order valence-corrected chi connectivity index (χ1v) is 5.48. The van der Waals surface area contributed by atoms with E-state index >= 15 is 0 Å². The van der Waals surface area contributed by atoms with E-state index < -0.39 is 22.1 Å². The second-order valence-corrected chi connectivity index (χ2v) is 5.40. The van der Waals surface area contributed by atoms with Gasteiger partial charge in [-0.2, -0.15) is 0 Å². The smallest absolute Gasteiger partial charge is 0.148 e. The van der Waals surface area contributed by atoms with E-state index in [-0.39, 0.29) is 12.0 Å². The Morgan fingerprint density at radius 2 is 1.94 bits per heavy atom. The first-order chi connectivity index (χ1) is 7.35. The van der Waals surface area contributed by atoms with Crippen molar-refractivity contribution in [3.05, 3.63) is 34.4 Å². The molecule has 88 valence electrons. The molecular weight excluding hydrogens is 234 g/mol. The van der Waals surface area contributed by atoms with Gasteiger partial charge in [-0.15, -0.1) is 0 Å². The minimum Gasteiger partial charge on any atom is -0.395 e. The Hall–Kier alpha value is -0.670. The number of aliphatic hydroxyl groups is 1. The molecule has 1 fully saturated rings. The molecule has 1 unspecified atom stereocenters. The number of hydrogen-bond acceptors (Lipinski definition) is 1. The molecule has 0 spiro atoms. The van der Waals surface area contributed by atoms with Crippen molar-refractivity contribution in [1.82, 2.24) is 0 Å². The number of rotatable bonds is 2. The normalized spacial score (nSPS) is 26.9. The molecule has 0 aromatic heterocycles. The molecule has 0 amide bonds. The summed E-state index contributed by atoms with van der Waals surface area (Å²) in [6, 6.07) is 2.52. The van der Waals surface area contributed by atoms with Gasteiger partial charge in [0.05, 0.1) is 6.61 Å². The molecule has 1 aliphatic carbocycles. The van der Waals surface area contributed by atoms with Gasteiger partial charge in [-0.3, -0.25) is 0 Å². The standard InChI is InChI=1S/C12H13ClF2O/c1-11(2)5-12(11,6-16)7-3-4-8(14)9(13)10(7)15/h3-4,16H,5-6H2,1-2H3. The number of benzene rings is 1. The van der Waals surface area contributed by atoms with Crippen molar-refractivity contribution in [2.75, 3.05) is 6.61 Å². The first kappa shape index (κ1) is 11.8. The third kappa shape index (κ3) is 1.38. The molecule has 4 heteroatoms. The lowest BCUT2D eigenvalue weighted by atomic mass is 9.88. The maximum absolute atomic E-state index is 13.8. The van der Waals surface area contributed by atoms with E-state index in [1.54, 1.807) is 0 Å². The maximum atomic E-state index is 13.8. The molecule has 0 saturated heterocycles. The highest BCUT2D eigenvalue weighted by molar-refractivity contribution is 6.31. The van der Waals surface area contributed by atoms with Gasteiger partial charge in [0.15, 0.2) is 0 Å². The monoisotopic (exact) mass is 246 g/mol. The topological polar surface area (TPSA) is 20.2 Å².